The summed E-state index contributed by atoms with van der Waals surface area (Å²) in [5.74, 6) is 1.27. The fraction of sp³-hybridized carbons (Fsp3) is 0.0833. The number of anilines is 1. The lowest BCUT2D eigenvalue weighted by Crippen LogP contribution is -2.30. The van der Waals surface area contributed by atoms with Gasteiger partial charge in [0.1, 0.15) is 23.8 Å². The second-order valence-electron chi connectivity index (χ2n) is 6.78. The highest BCUT2D eigenvalue weighted by Gasteiger charge is 2.31. The molecule has 1 heterocycles. The van der Waals surface area contributed by atoms with Gasteiger partial charge in [0.15, 0.2) is 5.11 Å². The van der Waals surface area contributed by atoms with Crippen molar-refractivity contribution >= 4 is 50.9 Å². The standard InChI is InChI=1S/C24H19BrN2O3S/c1-29-22-12-7-16(13-17(22)15-30-20-10-8-18(25)9-11-20)14-21-23(28)27(24(31)26-21)19-5-3-2-4-6-19/h2-14H,15H2,1H3,(H,26,31)/b21-14+. The molecule has 0 spiro atoms. The lowest BCUT2D eigenvalue weighted by molar-refractivity contribution is -0.113. The van der Waals surface area contributed by atoms with Crippen LogP contribution < -0.4 is 19.7 Å². The van der Waals surface area contributed by atoms with E-state index in [-0.39, 0.29) is 5.91 Å². The molecule has 0 aromatic heterocycles. The van der Waals surface area contributed by atoms with E-state index in [4.69, 9.17) is 21.7 Å². The van der Waals surface area contributed by atoms with Crippen molar-refractivity contribution in [2.24, 2.45) is 0 Å². The molecule has 1 saturated heterocycles. The molecule has 3 aromatic rings. The summed E-state index contributed by atoms with van der Waals surface area (Å²) in [6.45, 7) is 0.331. The zero-order chi connectivity index (χ0) is 21.8. The van der Waals surface area contributed by atoms with Crippen molar-refractivity contribution < 1.29 is 14.3 Å². The van der Waals surface area contributed by atoms with Crippen molar-refractivity contribution in [3.63, 3.8) is 0 Å². The molecule has 7 heteroatoms. The maximum atomic E-state index is 12.9. The van der Waals surface area contributed by atoms with E-state index in [1.807, 2.05) is 72.8 Å². The molecule has 0 saturated carbocycles. The monoisotopic (exact) mass is 494 g/mol. The summed E-state index contributed by atoms with van der Waals surface area (Å²) in [7, 11) is 1.62. The SMILES string of the molecule is COc1ccc(/C=C2/NC(=S)N(c3ccccc3)C2=O)cc1COc1ccc(Br)cc1. The van der Waals surface area contributed by atoms with Gasteiger partial charge in [0.25, 0.3) is 5.91 Å². The van der Waals surface area contributed by atoms with E-state index in [0.717, 1.165) is 27.0 Å². The summed E-state index contributed by atoms with van der Waals surface area (Å²) in [5.41, 5.74) is 2.85. The number of hydrogen-bond donors (Lipinski definition) is 1. The summed E-state index contributed by atoms with van der Waals surface area (Å²) in [6.07, 6.45) is 1.78. The van der Waals surface area contributed by atoms with Crippen LogP contribution in [0.3, 0.4) is 0 Å². The van der Waals surface area contributed by atoms with Gasteiger partial charge in [-0.15, -0.1) is 0 Å². The number of nitrogens with one attached hydrogen (secondary N) is 1. The number of benzene rings is 3. The lowest BCUT2D eigenvalue weighted by atomic mass is 10.1. The zero-order valence-corrected chi connectivity index (χ0v) is 19.1. The minimum Gasteiger partial charge on any atom is -0.496 e. The molecule has 156 valence electrons. The topological polar surface area (TPSA) is 50.8 Å². The molecule has 1 N–H and O–H groups in total. The van der Waals surface area contributed by atoms with Crippen LogP contribution in [0, 0.1) is 0 Å². The maximum absolute atomic E-state index is 12.9. The third kappa shape index (κ3) is 4.78. The third-order valence-electron chi connectivity index (χ3n) is 4.72. The molecule has 31 heavy (non-hydrogen) atoms. The average Bonchev–Trinajstić information content (AvgIpc) is 3.06. The summed E-state index contributed by atoms with van der Waals surface area (Å²) >= 11 is 8.79. The molecule has 0 unspecified atom stereocenters. The van der Waals surface area contributed by atoms with Gasteiger partial charge in [-0.1, -0.05) is 40.2 Å². The highest BCUT2D eigenvalue weighted by atomic mass is 79.9. The van der Waals surface area contributed by atoms with Gasteiger partial charge in [0.2, 0.25) is 0 Å². The van der Waals surface area contributed by atoms with Crippen molar-refractivity contribution in [1.29, 1.82) is 0 Å². The molecular formula is C24H19BrN2O3S. The number of methoxy groups -OCH3 is 1. The van der Waals surface area contributed by atoms with Gasteiger partial charge in [-0.25, -0.2) is 0 Å². The molecular weight excluding hydrogens is 476 g/mol. The van der Waals surface area contributed by atoms with E-state index in [0.29, 0.717) is 23.2 Å². The van der Waals surface area contributed by atoms with Crippen LogP contribution in [0.5, 0.6) is 11.5 Å². The number of halogens is 1. The molecule has 5 nitrogen and oxygen atoms in total. The Balaban J connectivity index is 1.56. The molecule has 0 atom stereocenters. The van der Waals surface area contributed by atoms with Crippen molar-refractivity contribution in [2.75, 3.05) is 12.0 Å². The molecule has 1 aliphatic heterocycles. The number of nitrogens with zero attached hydrogens (tertiary/aromatic N) is 1. The lowest BCUT2D eigenvalue weighted by Gasteiger charge is -2.13. The van der Waals surface area contributed by atoms with Gasteiger partial charge in [0, 0.05) is 10.0 Å². The van der Waals surface area contributed by atoms with E-state index in [1.54, 1.807) is 13.2 Å². The number of para-hydroxylation sites is 1. The highest BCUT2D eigenvalue weighted by Crippen LogP contribution is 2.26. The Hall–Kier alpha value is -3.16. The van der Waals surface area contributed by atoms with Crippen LogP contribution in [0.25, 0.3) is 6.08 Å². The Morgan fingerprint density at radius 3 is 2.52 bits per heavy atom. The molecule has 1 aliphatic rings. The van der Waals surface area contributed by atoms with Crippen molar-refractivity contribution in [1.82, 2.24) is 5.32 Å². The van der Waals surface area contributed by atoms with E-state index in [1.165, 1.54) is 4.90 Å². The Morgan fingerprint density at radius 1 is 1.06 bits per heavy atom. The first kappa shape index (κ1) is 21.1. The van der Waals surface area contributed by atoms with E-state index < -0.39 is 0 Å². The number of ether oxygens (including phenoxy) is 2. The second kappa shape index (κ2) is 9.32. The van der Waals surface area contributed by atoms with Crippen LogP contribution in [0.15, 0.2) is 83.0 Å². The van der Waals surface area contributed by atoms with Crippen molar-refractivity contribution in [3.8, 4) is 11.5 Å². The van der Waals surface area contributed by atoms with E-state index in [2.05, 4.69) is 21.2 Å². The zero-order valence-electron chi connectivity index (χ0n) is 16.7. The Kier molecular flexibility index (Phi) is 6.34. The van der Waals surface area contributed by atoms with Crippen LogP contribution >= 0.6 is 28.1 Å². The van der Waals surface area contributed by atoms with Crippen LogP contribution in [0.1, 0.15) is 11.1 Å². The summed E-state index contributed by atoms with van der Waals surface area (Å²) in [5, 5.41) is 3.37. The van der Waals surface area contributed by atoms with Gasteiger partial charge in [-0.2, -0.15) is 0 Å². The molecule has 0 radical (unpaired) electrons. The molecule has 0 bridgehead atoms. The van der Waals surface area contributed by atoms with Gasteiger partial charge in [-0.3, -0.25) is 9.69 Å². The molecule has 3 aromatic carbocycles. The molecule has 1 amide bonds. The third-order valence-corrected chi connectivity index (χ3v) is 5.53. The molecule has 4 rings (SSSR count). The van der Waals surface area contributed by atoms with Crippen molar-refractivity contribution in [2.45, 2.75) is 6.61 Å². The fourth-order valence-corrected chi connectivity index (χ4v) is 3.77. The number of amides is 1. The number of thiocarbonyl (C=S) groups is 1. The largest absolute Gasteiger partial charge is 0.496 e. The summed E-state index contributed by atoms with van der Waals surface area (Å²) in [6, 6.07) is 22.6. The van der Waals surface area contributed by atoms with E-state index in [9.17, 15) is 4.79 Å². The van der Waals surface area contributed by atoms with Gasteiger partial charge in [-0.05, 0) is 72.4 Å². The number of hydrogen-bond acceptors (Lipinski definition) is 4. The van der Waals surface area contributed by atoms with Crippen LogP contribution in [0.2, 0.25) is 0 Å². The average molecular weight is 495 g/mol. The first-order chi connectivity index (χ1) is 15.0. The van der Waals surface area contributed by atoms with Gasteiger partial charge < -0.3 is 14.8 Å². The van der Waals surface area contributed by atoms with E-state index >= 15 is 0 Å². The maximum Gasteiger partial charge on any atom is 0.281 e. The first-order valence-corrected chi connectivity index (χ1v) is 10.7. The minimum absolute atomic E-state index is 0.195. The fourth-order valence-electron chi connectivity index (χ4n) is 3.21. The van der Waals surface area contributed by atoms with Crippen molar-refractivity contribution in [3.05, 3.63) is 94.1 Å². The van der Waals surface area contributed by atoms with Crippen LogP contribution in [-0.4, -0.2) is 18.1 Å². The normalized spacial score (nSPS) is 14.6. The highest BCUT2D eigenvalue weighted by molar-refractivity contribution is 9.10. The van der Waals surface area contributed by atoms with Crippen LogP contribution in [0.4, 0.5) is 5.69 Å². The predicted molar refractivity (Wildman–Crippen MR) is 129 cm³/mol. The Labute approximate surface area is 194 Å². The first-order valence-electron chi connectivity index (χ1n) is 9.52. The quantitative estimate of drug-likeness (QED) is 0.372. The molecule has 0 aliphatic carbocycles. The van der Waals surface area contributed by atoms with Gasteiger partial charge in [0.05, 0.1) is 12.8 Å². The number of carbonyl (C=O) groups excluding carboxylic acids is 1. The minimum atomic E-state index is -0.195. The second-order valence-corrected chi connectivity index (χ2v) is 8.08. The number of carbonyl (C=O) groups is 1. The Morgan fingerprint density at radius 2 is 1.81 bits per heavy atom. The molecule has 1 fully saturated rings. The Bertz CT molecular complexity index is 1150. The van der Waals surface area contributed by atoms with Gasteiger partial charge >= 0.3 is 0 Å². The number of rotatable bonds is 6. The summed E-state index contributed by atoms with van der Waals surface area (Å²) in [4.78, 5) is 14.4. The van der Waals surface area contributed by atoms with Crippen LogP contribution in [-0.2, 0) is 11.4 Å². The predicted octanol–water partition coefficient (Wildman–Crippen LogP) is 5.30. The summed E-state index contributed by atoms with van der Waals surface area (Å²) < 4.78 is 12.4. The smallest absolute Gasteiger partial charge is 0.281 e.